The SMILES string of the molecule is CCC1CCCC1(O)C1(C#N)CCC(C(C)(C)C)CC1. The van der Waals surface area contributed by atoms with E-state index in [9.17, 15) is 10.4 Å². The summed E-state index contributed by atoms with van der Waals surface area (Å²) in [5.41, 5.74) is -0.880. The Hall–Kier alpha value is -0.550. The quantitative estimate of drug-likeness (QED) is 0.797. The van der Waals surface area contributed by atoms with Gasteiger partial charge in [-0.25, -0.2) is 0 Å². The van der Waals surface area contributed by atoms with E-state index in [2.05, 4.69) is 33.8 Å². The van der Waals surface area contributed by atoms with E-state index in [1.807, 2.05) is 0 Å². The van der Waals surface area contributed by atoms with Crippen LogP contribution in [0.2, 0.25) is 0 Å². The lowest BCUT2D eigenvalue weighted by molar-refractivity contribution is -0.110. The van der Waals surface area contributed by atoms with E-state index < -0.39 is 11.0 Å². The molecule has 2 nitrogen and oxygen atoms in total. The standard InChI is InChI=1S/C18H31NO/c1-5-14-7-6-10-18(14,20)17(13-19)11-8-15(9-12-17)16(2,3)4/h14-15,20H,5-12H2,1-4H3. The molecule has 0 heterocycles. The molecule has 1 N–H and O–H groups in total. The summed E-state index contributed by atoms with van der Waals surface area (Å²) in [6, 6.07) is 2.59. The summed E-state index contributed by atoms with van der Waals surface area (Å²) in [6.07, 6.45) is 7.98. The van der Waals surface area contributed by atoms with Crippen molar-refractivity contribution in [3.05, 3.63) is 0 Å². The van der Waals surface area contributed by atoms with Gasteiger partial charge in [0.2, 0.25) is 0 Å². The Morgan fingerprint density at radius 1 is 1.15 bits per heavy atom. The lowest BCUT2D eigenvalue weighted by Crippen LogP contribution is -2.52. The fourth-order valence-corrected chi connectivity index (χ4v) is 4.85. The molecule has 2 unspecified atom stereocenters. The third-order valence-electron chi connectivity index (χ3n) is 6.39. The first-order chi connectivity index (χ1) is 9.29. The van der Waals surface area contributed by atoms with Crippen molar-refractivity contribution in [3.8, 4) is 6.07 Å². The predicted molar refractivity (Wildman–Crippen MR) is 82.0 cm³/mol. The molecule has 2 heteroatoms. The summed E-state index contributed by atoms with van der Waals surface area (Å²) in [6.45, 7) is 9.06. The fraction of sp³-hybridized carbons (Fsp3) is 0.944. The Balaban J connectivity index is 2.19. The lowest BCUT2D eigenvalue weighted by Gasteiger charge is -2.49. The van der Waals surface area contributed by atoms with Gasteiger partial charge in [-0.1, -0.05) is 40.5 Å². The Bertz CT molecular complexity index is 381. The largest absolute Gasteiger partial charge is 0.388 e. The molecule has 2 aliphatic carbocycles. The van der Waals surface area contributed by atoms with Gasteiger partial charge in [0.1, 0.15) is 0 Å². The summed E-state index contributed by atoms with van der Waals surface area (Å²) in [4.78, 5) is 0. The molecule has 0 aromatic rings. The van der Waals surface area contributed by atoms with Crippen molar-refractivity contribution >= 4 is 0 Å². The van der Waals surface area contributed by atoms with E-state index in [4.69, 9.17) is 0 Å². The van der Waals surface area contributed by atoms with Gasteiger partial charge in [0.15, 0.2) is 0 Å². The van der Waals surface area contributed by atoms with Crippen molar-refractivity contribution < 1.29 is 5.11 Å². The van der Waals surface area contributed by atoms with Gasteiger partial charge in [-0.15, -0.1) is 0 Å². The maximum Gasteiger partial charge on any atom is 0.0863 e. The summed E-state index contributed by atoms with van der Waals surface area (Å²) < 4.78 is 0. The van der Waals surface area contributed by atoms with Gasteiger partial charge in [-0.05, 0) is 55.8 Å². The maximum atomic E-state index is 11.3. The zero-order valence-corrected chi connectivity index (χ0v) is 13.7. The van der Waals surface area contributed by atoms with E-state index >= 15 is 0 Å². The van der Waals surface area contributed by atoms with Gasteiger partial charge in [-0.2, -0.15) is 5.26 Å². The van der Waals surface area contributed by atoms with E-state index in [-0.39, 0.29) is 0 Å². The molecule has 0 aromatic heterocycles. The molecule has 0 radical (unpaired) electrons. The van der Waals surface area contributed by atoms with Crippen LogP contribution in [0.25, 0.3) is 0 Å². The van der Waals surface area contributed by atoms with Crippen LogP contribution in [0.15, 0.2) is 0 Å². The minimum Gasteiger partial charge on any atom is -0.388 e. The number of rotatable bonds is 2. The van der Waals surface area contributed by atoms with E-state index in [1.54, 1.807) is 0 Å². The number of aliphatic hydroxyl groups is 1. The second-order valence-electron chi connectivity index (χ2n) is 8.26. The highest BCUT2D eigenvalue weighted by Crippen LogP contribution is 2.57. The van der Waals surface area contributed by atoms with Crippen molar-refractivity contribution in [2.24, 2.45) is 22.7 Å². The summed E-state index contributed by atoms with van der Waals surface area (Å²) in [5.74, 6) is 1.02. The molecule has 2 fully saturated rings. The Morgan fingerprint density at radius 2 is 1.75 bits per heavy atom. The zero-order chi connectivity index (χ0) is 15.0. The van der Waals surface area contributed by atoms with Crippen LogP contribution in [0.1, 0.15) is 79.1 Å². The number of hydrogen-bond donors (Lipinski definition) is 1. The van der Waals surface area contributed by atoms with Crippen molar-refractivity contribution in [2.75, 3.05) is 0 Å². The van der Waals surface area contributed by atoms with Gasteiger partial charge in [-0.3, -0.25) is 0 Å². The molecule has 2 rings (SSSR count). The van der Waals surface area contributed by atoms with Crippen LogP contribution in [-0.2, 0) is 0 Å². The third-order valence-corrected chi connectivity index (χ3v) is 6.39. The number of nitriles is 1. The van der Waals surface area contributed by atoms with E-state index in [1.165, 1.54) is 0 Å². The average Bonchev–Trinajstić information content (AvgIpc) is 2.80. The van der Waals surface area contributed by atoms with Crippen molar-refractivity contribution in [1.29, 1.82) is 5.26 Å². The van der Waals surface area contributed by atoms with Gasteiger partial charge in [0, 0.05) is 0 Å². The predicted octanol–water partition coefficient (Wildman–Crippen LogP) is 4.67. The molecule has 2 saturated carbocycles. The van der Waals surface area contributed by atoms with Gasteiger partial charge in [0.25, 0.3) is 0 Å². The molecule has 114 valence electrons. The topological polar surface area (TPSA) is 44.0 Å². The van der Waals surface area contributed by atoms with Crippen molar-refractivity contribution in [1.82, 2.24) is 0 Å². The Labute approximate surface area is 124 Å². The normalized spacial score (nSPS) is 42.4. The van der Waals surface area contributed by atoms with Crippen LogP contribution < -0.4 is 0 Å². The van der Waals surface area contributed by atoms with Gasteiger partial charge >= 0.3 is 0 Å². The monoisotopic (exact) mass is 277 g/mol. The minimum absolute atomic E-state index is 0.323. The van der Waals surface area contributed by atoms with Crippen LogP contribution in [0.4, 0.5) is 0 Å². The first-order valence-electron chi connectivity index (χ1n) is 8.43. The van der Waals surface area contributed by atoms with Gasteiger partial charge < -0.3 is 5.11 Å². The lowest BCUT2D eigenvalue weighted by atomic mass is 9.56. The first kappa shape index (κ1) is 15.8. The highest BCUT2D eigenvalue weighted by atomic mass is 16.3. The van der Waals surface area contributed by atoms with Crippen LogP contribution >= 0.6 is 0 Å². The van der Waals surface area contributed by atoms with Crippen LogP contribution in [0.5, 0.6) is 0 Å². The maximum absolute atomic E-state index is 11.3. The number of hydrogen-bond acceptors (Lipinski definition) is 2. The molecule has 0 aliphatic heterocycles. The molecule has 0 saturated heterocycles. The highest BCUT2D eigenvalue weighted by molar-refractivity contribution is 5.17. The summed E-state index contributed by atoms with van der Waals surface area (Å²) in [5, 5.41) is 21.2. The second kappa shape index (κ2) is 5.34. The third kappa shape index (κ3) is 2.39. The average molecular weight is 277 g/mol. The molecule has 20 heavy (non-hydrogen) atoms. The van der Waals surface area contributed by atoms with E-state index in [0.29, 0.717) is 17.3 Å². The summed E-state index contributed by atoms with van der Waals surface area (Å²) in [7, 11) is 0. The molecule has 0 aromatic carbocycles. The van der Waals surface area contributed by atoms with Crippen LogP contribution in [-0.4, -0.2) is 10.7 Å². The Kier molecular flexibility index (Phi) is 4.22. The molecule has 2 aliphatic rings. The molecule has 0 spiro atoms. The van der Waals surface area contributed by atoms with E-state index in [0.717, 1.165) is 51.4 Å². The smallest absolute Gasteiger partial charge is 0.0863 e. The molecule has 0 amide bonds. The molecule has 2 atom stereocenters. The van der Waals surface area contributed by atoms with Crippen molar-refractivity contribution in [2.45, 2.75) is 84.7 Å². The van der Waals surface area contributed by atoms with Crippen molar-refractivity contribution in [3.63, 3.8) is 0 Å². The summed E-state index contributed by atoms with van der Waals surface area (Å²) >= 11 is 0. The van der Waals surface area contributed by atoms with Crippen LogP contribution in [0.3, 0.4) is 0 Å². The zero-order valence-electron chi connectivity index (χ0n) is 13.7. The molecule has 0 bridgehead atoms. The second-order valence-corrected chi connectivity index (χ2v) is 8.26. The fourth-order valence-electron chi connectivity index (χ4n) is 4.85. The number of nitrogens with zero attached hydrogens (tertiary/aromatic N) is 1. The molecular formula is C18H31NO. The minimum atomic E-state index is -0.723. The highest BCUT2D eigenvalue weighted by Gasteiger charge is 2.57. The van der Waals surface area contributed by atoms with Gasteiger partial charge in [0.05, 0.1) is 17.1 Å². The molecular weight excluding hydrogens is 246 g/mol. The van der Waals surface area contributed by atoms with Crippen LogP contribution in [0, 0.1) is 34.0 Å². The Morgan fingerprint density at radius 3 is 2.20 bits per heavy atom. The first-order valence-corrected chi connectivity index (χ1v) is 8.43.